The second-order valence-electron chi connectivity index (χ2n) is 7.34. The van der Waals surface area contributed by atoms with Crippen LogP contribution in [0.2, 0.25) is 0 Å². The predicted molar refractivity (Wildman–Crippen MR) is 103 cm³/mol. The van der Waals surface area contributed by atoms with Crippen LogP contribution in [0.15, 0.2) is 60.7 Å². The molecule has 0 heterocycles. The summed E-state index contributed by atoms with van der Waals surface area (Å²) in [6.07, 6.45) is -0.0555. The maximum atomic E-state index is 12.5. The van der Waals surface area contributed by atoms with Crippen molar-refractivity contribution in [3.8, 4) is 0 Å². The van der Waals surface area contributed by atoms with Crippen molar-refractivity contribution >= 4 is 17.7 Å². The number of nitrogens with one attached hydrogen (secondary N) is 1. The third kappa shape index (κ3) is 6.37. The second kappa shape index (κ2) is 9.12. The molecule has 2 aromatic rings. The van der Waals surface area contributed by atoms with Gasteiger partial charge in [-0.05, 0) is 17.7 Å². The summed E-state index contributed by atoms with van der Waals surface area (Å²) in [6, 6.07) is 17.5. The minimum absolute atomic E-state index is 0.0555. The zero-order valence-corrected chi connectivity index (χ0v) is 15.9. The van der Waals surface area contributed by atoms with Gasteiger partial charge in [-0.2, -0.15) is 0 Å². The molecular formula is C22H25NO4. The van der Waals surface area contributed by atoms with Crippen molar-refractivity contribution in [2.75, 3.05) is 6.61 Å². The maximum absolute atomic E-state index is 12.5. The lowest BCUT2D eigenvalue weighted by Crippen LogP contribution is -2.32. The number of ether oxygens (including phenoxy) is 1. The zero-order valence-electron chi connectivity index (χ0n) is 15.9. The van der Waals surface area contributed by atoms with Crippen LogP contribution in [0.25, 0.3) is 0 Å². The average Bonchev–Trinajstić information content (AvgIpc) is 2.66. The van der Waals surface area contributed by atoms with E-state index in [1.54, 1.807) is 45.0 Å². The van der Waals surface area contributed by atoms with Gasteiger partial charge in [0.2, 0.25) is 0 Å². The Morgan fingerprint density at radius 2 is 1.48 bits per heavy atom. The number of carbonyl (C=O) groups is 3. The van der Waals surface area contributed by atoms with Gasteiger partial charge in [0.05, 0.1) is 12.5 Å². The summed E-state index contributed by atoms with van der Waals surface area (Å²) in [4.78, 5) is 36.7. The number of Topliss-reactive ketones (excluding diaryl/α,β-unsaturated/α-hetero) is 1. The maximum Gasteiger partial charge on any atom is 0.308 e. The quantitative estimate of drug-likeness (QED) is 0.757. The Morgan fingerprint density at radius 1 is 0.926 bits per heavy atom. The van der Waals surface area contributed by atoms with Gasteiger partial charge in [0.15, 0.2) is 12.4 Å². The van der Waals surface area contributed by atoms with E-state index in [4.69, 9.17) is 4.74 Å². The average molecular weight is 367 g/mol. The van der Waals surface area contributed by atoms with Crippen LogP contribution in [-0.4, -0.2) is 24.3 Å². The standard InChI is InChI=1S/C22H25NO4/c1-22(2,3)19(24)15-27-20(25)14-18(16-10-6-4-7-11-16)23-21(26)17-12-8-5-9-13-17/h4-13,18H,14-15H2,1-3H3,(H,23,26). The minimum Gasteiger partial charge on any atom is -0.458 e. The molecule has 0 aliphatic rings. The molecule has 0 spiro atoms. The molecule has 0 fully saturated rings. The van der Waals surface area contributed by atoms with Gasteiger partial charge in [0, 0.05) is 11.0 Å². The lowest BCUT2D eigenvalue weighted by atomic mass is 9.91. The molecule has 27 heavy (non-hydrogen) atoms. The van der Waals surface area contributed by atoms with Gasteiger partial charge in [-0.1, -0.05) is 69.3 Å². The van der Waals surface area contributed by atoms with Crippen LogP contribution >= 0.6 is 0 Å². The van der Waals surface area contributed by atoms with Crippen molar-refractivity contribution in [1.82, 2.24) is 5.32 Å². The highest BCUT2D eigenvalue weighted by Gasteiger charge is 2.24. The molecule has 1 unspecified atom stereocenters. The fraction of sp³-hybridized carbons (Fsp3) is 0.318. The molecule has 0 aliphatic carbocycles. The first-order valence-corrected chi connectivity index (χ1v) is 8.87. The van der Waals surface area contributed by atoms with Gasteiger partial charge in [-0.15, -0.1) is 0 Å². The second-order valence-corrected chi connectivity index (χ2v) is 7.34. The summed E-state index contributed by atoms with van der Waals surface area (Å²) in [5, 5.41) is 2.87. The lowest BCUT2D eigenvalue weighted by Gasteiger charge is -2.20. The molecule has 142 valence electrons. The molecule has 5 nitrogen and oxygen atoms in total. The number of amides is 1. The molecule has 2 rings (SSSR count). The summed E-state index contributed by atoms with van der Waals surface area (Å²) < 4.78 is 5.13. The van der Waals surface area contributed by atoms with E-state index in [1.165, 1.54) is 0 Å². The molecule has 1 amide bonds. The summed E-state index contributed by atoms with van der Waals surface area (Å²) >= 11 is 0. The lowest BCUT2D eigenvalue weighted by molar-refractivity contribution is -0.150. The van der Waals surface area contributed by atoms with Crippen LogP contribution < -0.4 is 5.32 Å². The van der Waals surface area contributed by atoms with Crippen LogP contribution in [0.3, 0.4) is 0 Å². The number of hydrogen-bond acceptors (Lipinski definition) is 4. The number of carbonyl (C=O) groups excluding carboxylic acids is 3. The third-order valence-electron chi connectivity index (χ3n) is 4.11. The molecule has 0 saturated heterocycles. The Bertz CT molecular complexity index is 779. The van der Waals surface area contributed by atoms with Gasteiger partial charge in [-0.25, -0.2) is 0 Å². The van der Waals surface area contributed by atoms with E-state index in [2.05, 4.69) is 5.32 Å². The van der Waals surface area contributed by atoms with Crippen LogP contribution in [0.1, 0.15) is 49.2 Å². The molecule has 0 saturated carbocycles. The van der Waals surface area contributed by atoms with E-state index in [1.807, 2.05) is 36.4 Å². The molecule has 0 aromatic heterocycles. The number of rotatable bonds is 7. The monoisotopic (exact) mass is 367 g/mol. The summed E-state index contributed by atoms with van der Waals surface area (Å²) in [6.45, 7) is 5.05. The molecule has 1 N–H and O–H groups in total. The van der Waals surface area contributed by atoms with Crippen LogP contribution in [0.4, 0.5) is 0 Å². The molecule has 5 heteroatoms. The van der Waals surface area contributed by atoms with E-state index >= 15 is 0 Å². The van der Waals surface area contributed by atoms with Crippen LogP contribution in [0, 0.1) is 5.41 Å². The van der Waals surface area contributed by atoms with Crippen molar-refractivity contribution in [3.05, 3.63) is 71.8 Å². The summed E-state index contributed by atoms with van der Waals surface area (Å²) in [5.41, 5.74) is 0.733. The van der Waals surface area contributed by atoms with E-state index in [-0.39, 0.29) is 24.7 Å². The number of benzene rings is 2. The summed E-state index contributed by atoms with van der Waals surface area (Å²) in [7, 11) is 0. The van der Waals surface area contributed by atoms with Crippen molar-refractivity contribution in [2.45, 2.75) is 33.2 Å². The van der Waals surface area contributed by atoms with Gasteiger partial charge in [0.25, 0.3) is 5.91 Å². The number of esters is 1. The Kier molecular flexibility index (Phi) is 6.88. The molecule has 0 radical (unpaired) electrons. The van der Waals surface area contributed by atoms with Gasteiger partial charge in [0.1, 0.15) is 0 Å². The molecular weight excluding hydrogens is 342 g/mol. The Balaban J connectivity index is 2.06. The highest BCUT2D eigenvalue weighted by molar-refractivity contribution is 5.94. The molecule has 0 aliphatic heterocycles. The van der Waals surface area contributed by atoms with Crippen molar-refractivity contribution in [1.29, 1.82) is 0 Å². The first-order valence-electron chi connectivity index (χ1n) is 8.87. The predicted octanol–water partition coefficient (Wildman–Crippen LogP) is 3.71. The van der Waals surface area contributed by atoms with Gasteiger partial charge >= 0.3 is 5.97 Å². The smallest absolute Gasteiger partial charge is 0.308 e. The van der Waals surface area contributed by atoms with Gasteiger partial charge in [-0.3, -0.25) is 14.4 Å². The zero-order chi connectivity index (χ0) is 19.9. The Morgan fingerprint density at radius 3 is 2.04 bits per heavy atom. The molecule has 2 aromatic carbocycles. The fourth-order valence-electron chi connectivity index (χ4n) is 2.36. The topological polar surface area (TPSA) is 72.5 Å². The normalized spacial score (nSPS) is 12.1. The molecule has 0 bridgehead atoms. The van der Waals surface area contributed by atoms with Crippen molar-refractivity contribution < 1.29 is 19.1 Å². The Labute approximate surface area is 159 Å². The number of ketones is 1. The van der Waals surface area contributed by atoms with E-state index in [0.717, 1.165) is 5.56 Å². The number of hydrogen-bond donors (Lipinski definition) is 1. The van der Waals surface area contributed by atoms with Gasteiger partial charge < -0.3 is 10.1 Å². The largest absolute Gasteiger partial charge is 0.458 e. The Hall–Kier alpha value is -2.95. The van der Waals surface area contributed by atoms with E-state index in [9.17, 15) is 14.4 Å². The third-order valence-corrected chi connectivity index (χ3v) is 4.11. The van der Waals surface area contributed by atoms with Crippen molar-refractivity contribution in [3.63, 3.8) is 0 Å². The molecule has 1 atom stereocenters. The highest BCUT2D eigenvalue weighted by atomic mass is 16.5. The van der Waals surface area contributed by atoms with Crippen LogP contribution in [0.5, 0.6) is 0 Å². The van der Waals surface area contributed by atoms with E-state index in [0.29, 0.717) is 5.56 Å². The first-order chi connectivity index (χ1) is 12.8. The highest BCUT2D eigenvalue weighted by Crippen LogP contribution is 2.19. The van der Waals surface area contributed by atoms with Crippen molar-refractivity contribution in [2.24, 2.45) is 5.41 Å². The van der Waals surface area contributed by atoms with E-state index < -0.39 is 17.4 Å². The first kappa shape index (κ1) is 20.4. The fourth-order valence-corrected chi connectivity index (χ4v) is 2.36. The SMILES string of the molecule is CC(C)(C)C(=O)COC(=O)CC(NC(=O)c1ccccc1)c1ccccc1. The minimum atomic E-state index is -0.569. The summed E-state index contributed by atoms with van der Waals surface area (Å²) in [5.74, 6) is -0.960. The van der Waals surface area contributed by atoms with Crippen LogP contribution in [-0.2, 0) is 14.3 Å².